The number of amides is 1. The van der Waals surface area contributed by atoms with Gasteiger partial charge in [-0.3, -0.25) is 4.79 Å². The number of hydrogen-bond acceptors (Lipinski definition) is 8. The molecule has 0 atom stereocenters. The Bertz CT molecular complexity index is 1140. The minimum atomic E-state index is -0.226. The molecular formula is C18H16N6O3S. The molecule has 0 unspecified atom stereocenters. The van der Waals surface area contributed by atoms with Crippen LogP contribution in [0.3, 0.4) is 0 Å². The molecule has 1 amide bonds. The zero-order valence-corrected chi connectivity index (χ0v) is 15.9. The van der Waals surface area contributed by atoms with Crippen LogP contribution in [-0.4, -0.2) is 43.7 Å². The fourth-order valence-corrected chi connectivity index (χ4v) is 3.28. The molecule has 1 N–H and O–H groups in total. The number of benzene rings is 1. The average molecular weight is 396 g/mol. The highest BCUT2D eigenvalue weighted by Gasteiger charge is 2.14. The number of methoxy groups -OCH3 is 1. The van der Waals surface area contributed by atoms with Crippen molar-refractivity contribution in [2.45, 2.75) is 12.1 Å². The number of fused-ring (bicyclic) bond motifs is 1. The second kappa shape index (κ2) is 7.69. The molecule has 0 aliphatic carbocycles. The standard InChI is InChI=1S/C18H16N6O3S/c1-11-9-15(23-27-11)19-17(25)10-28-18-21-20-16-8-7-13(22-24(16)18)12-5-3-4-6-14(12)26-2/h3-9H,10H2,1-2H3,(H,19,23,25). The van der Waals surface area contributed by atoms with Gasteiger partial charge in [0, 0.05) is 11.6 Å². The van der Waals surface area contributed by atoms with E-state index in [-0.39, 0.29) is 11.7 Å². The number of carbonyl (C=O) groups excluding carboxylic acids is 1. The number of rotatable bonds is 6. The fraction of sp³-hybridized carbons (Fsp3) is 0.167. The summed E-state index contributed by atoms with van der Waals surface area (Å²) >= 11 is 1.23. The van der Waals surface area contributed by atoms with Gasteiger partial charge in [0.05, 0.1) is 18.6 Å². The van der Waals surface area contributed by atoms with Crippen molar-refractivity contribution in [1.82, 2.24) is 25.0 Å². The van der Waals surface area contributed by atoms with Crippen molar-refractivity contribution < 1.29 is 14.1 Å². The van der Waals surface area contributed by atoms with Gasteiger partial charge in [-0.25, -0.2) is 0 Å². The van der Waals surface area contributed by atoms with Gasteiger partial charge in [0.2, 0.25) is 11.1 Å². The first kappa shape index (κ1) is 18.0. The Balaban J connectivity index is 1.54. The maximum absolute atomic E-state index is 12.1. The summed E-state index contributed by atoms with van der Waals surface area (Å²) in [5.41, 5.74) is 2.17. The molecular weight excluding hydrogens is 380 g/mol. The first-order valence-electron chi connectivity index (χ1n) is 8.36. The summed E-state index contributed by atoms with van der Waals surface area (Å²) < 4.78 is 11.9. The predicted octanol–water partition coefficient (Wildman–Crippen LogP) is 2.83. The first-order valence-corrected chi connectivity index (χ1v) is 9.34. The molecule has 28 heavy (non-hydrogen) atoms. The van der Waals surface area contributed by atoms with Crippen LogP contribution in [0.25, 0.3) is 16.9 Å². The van der Waals surface area contributed by atoms with E-state index in [0.717, 1.165) is 11.3 Å². The van der Waals surface area contributed by atoms with Gasteiger partial charge in [-0.2, -0.15) is 9.61 Å². The second-order valence-electron chi connectivity index (χ2n) is 5.83. The Morgan fingerprint density at radius 3 is 2.89 bits per heavy atom. The summed E-state index contributed by atoms with van der Waals surface area (Å²) in [6.45, 7) is 1.75. The quantitative estimate of drug-likeness (QED) is 0.496. The maximum Gasteiger partial charge on any atom is 0.236 e. The van der Waals surface area contributed by atoms with E-state index in [0.29, 0.717) is 28.1 Å². The normalized spacial score (nSPS) is 10.9. The van der Waals surface area contributed by atoms with Crippen molar-refractivity contribution in [2.75, 3.05) is 18.2 Å². The third-order valence-corrected chi connectivity index (χ3v) is 4.76. The molecule has 1 aromatic carbocycles. The zero-order valence-electron chi connectivity index (χ0n) is 15.1. The molecule has 3 aromatic heterocycles. The summed E-state index contributed by atoms with van der Waals surface area (Å²) in [7, 11) is 1.62. The largest absolute Gasteiger partial charge is 0.496 e. The lowest BCUT2D eigenvalue weighted by Gasteiger charge is -2.08. The van der Waals surface area contributed by atoms with Crippen LogP contribution in [0, 0.1) is 6.92 Å². The van der Waals surface area contributed by atoms with Crippen LogP contribution in [0.5, 0.6) is 5.75 Å². The Morgan fingerprint density at radius 2 is 2.11 bits per heavy atom. The van der Waals surface area contributed by atoms with Gasteiger partial charge >= 0.3 is 0 Å². The van der Waals surface area contributed by atoms with Gasteiger partial charge in [0.1, 0.15) is 11.5 Å². The smallest absolute Gasteiger partial charge is 0.236 e. The molecule has 0 spiro atoms. The number of aryl methyl sites for hydroxylation is 1. The SMILES string of the molecule is COc1ccccc1-c1ccc2nnc(SCC(=O)Nc3cc(C)on3)n2n1. The Hall–Kier alpha value is -3.40. The summed E-state index contributed by atoms with van der Waals surface area (Å²) in [6, 6.07) is 12.9. The molecule has 0 bridgehead atoms. The second-order valence-corrected chi connectivity index (χ2v) is 6.77. The van der Waals surface area contributed by atoms with Crippen LogP contribution in [0.2, 0.25) is 0 Å². The van der Waals surface area contributed by atoms with Crippen LogP contribution in [0.1, 0.15) is 5.76 Å². The third-order valence-electron chi connectivity index (χ3n) is 3.84. The van der Waals surface area contributed by atoms with Gasteiger partial charge in [-0.05, 0) is 31.2 Å². The molecule has 0 fully saturated rings. The summed E-state index contributed by atoms with van der Waals surface area (Å²) in [6.07, 6.45) is 0. The topological polar surface area (TPSA) is 107 Å². The number of aromatic nitrogens is 5. The molecule has 0 radical (unpaired) electrons. The predicted molar refractivity (Wildman–Crippen MR) is 103 cm³/mol. The highest BCUT2D eigenvalue weighted by Crippen LogP contribution is 2.28. The molecule has 0 aliphatic heterocycles. The van der Waals surface area contributed by atoms with Crippen molar-refractivity contribution in [3.8, 4) is 17.0 Å². The third kappa shape index (κ3) is 3.67. The van der Waals surface area contributed by atoms with Crippen molar-refractivity contribution in [1.29, 1.82) is 0 Å². The number of nitrogens with one attached hydrogen (secondary N) is 1. The number of para-hydroxylation sites is 1. The van der Waals surface area contributed by atoms with E-state index in [9.17, 15) is 4.79 Å². The van der Waals surface area contributed by atoms with E-state index >= 15 is 0 Å². The Kier molecular flexibility index (Phi) is 4.94. The average Bonchev–Trinajstić information content (AvgIpc) is 3.31. The molecule has 9 nitrogen and oxygen atoms in total. The number of ether oxygens (including phenoxy) is 1. The molecule has 142 valence electrons. The van der Waals surface area contributed by atoms with Crippen molar-refractivity contribution >= 4 is 29.1 Å². The van der Waals surface area contributed by atoms with Crippen LogP contribution < -0.4 is 10.1 Å². The zero-order chi connectivity index (χ0) is 19.5. The van der Waals surface area contributed by atoms with Gasteiger partial charge in [-0.15, -0.1) is 10.2 Å². The lowest BCUT2D eigenvalue weighted by Crippen LogP contribution is -2.14. The fourth-order valence-electron chi connectivity index (χ4n) is 2.59. The number of anilines is 1. The van der Waals surface area contributed by atoms with E-state index in [2.05, 4.69) is 25.8 Å². The van der Waals surface area contributed by atoms with Gasteiger partial charge in [-0.1, -0.05) is 29.1 Å². The van der Waals surface area contributed by atoms with E-state index in [1.165, 1.54) is 11.8 Å². The highest BCUT2D eigenvalue weighted by molar-refractivity contribution is 7.99. The van der Waals surface area contributed by atoms with Gasteiger partial charge < -0.3 is 14.6 Å². The minimum absolute atomic E-state index is 0.132. The maximum atomic E-state index is 12.1. The van der Waals surface area contributed by atoms with E-state index in [4.69, 9.17) is 9.26 Å². The number of thioether (sulfide) groups is 1. The van der Waals surface area contributed by atoms with Crippen molar-refractivity contribution in [2.24, 2.45) is 0 Å². The minimum Gasteiger partial charge on any atom is -0.496 e. The summed E-state index contributed by atoms with van der Waals surface area (Å²) in [4.78, 5) is 12.1. The Labute approximate surface area is 164 Å². The molecule has 3 heterocycles. The van der Waals surface area contributed by atoms with E-state index in [1.54, 1.807) is 24.6 Å². The number of carbonyl (C=O) groups is 1. The van der Waals surface area contributed by atoms with Crippen molar-refractivity contribution in [3.63, 3.8) is 0 Å². The molecule has 0 saturated heterocycles. The number of hydrogen-bond donors (Lipinski definition) is 1. The van der Waals surface area contributed by atoms with Crippen LogP contribution in [0.15, 0.2) is 52.1 Å². The van der Waals surface area contributed by atoms with E-state index in [1.807, 2.05) is 36.4 Å². The molecule has 10 heteroatoms. The molecule has 4 aromatic rings. The van der Waals surface area contributed by atoms with Crippen LogP contribution in [-0.2, 0) is 4.79 Å². The molecule has 0 aliphatic rings. The van der Waals surface area contributed by atoms with Crippen LogP contribution >= 0.6 is 11.8 Å². The first-order chi connectivity index (χ1) is 13.6. The highest BCUT2D eigenvalue weighted by atomic mass is 32.2. The van der Waals surface area contributed by atoms with Gasteiger partial charge in [0.15, 0.2) is 11.5 Å². The van der Waals surface area contributed by atoms with Crippen molar-refractivity contribution in [3.05, 3.63) is 48.2 Å². The monoisotopic (exact) mass is 396 g/mol. The van der Waals surface area contributed by atoms with Crippen LogP contribution in [0.4, 0.5) is 5.82 Å². The summed E-state index contributed by atoms with van der Waals surface area (Å²) in [5.74, 6) is 1.63. The van der Waals surface area contributed by atoms with Gasteiger partial charge in [0.25, 0.3) is 0 Å². The summed E-state index contributed by atoms with van der Waals surface area (Å²) in [5, 5.41) is 19.8. The molecule has 4 rings (SSSR count). The lowest BCUT2D eigenvalue weighted by atomic mass is 10.1. The lowest BCUT2D eigenvalue weighted by molar-refractivity contribution is -0.113. The Morgan fingerprint density at radius 1 is 1.25 bits per heavy atom. The number of nitrogens with zero attached hydrogens (tertiary/aromatic N) is 5. The molecule has 0 saturated carbocycles. The van der Waals surface area contributed by atoms with E-state index < -0.39 is 0 Å².